The number of ketones is 1. The Labute approximate surface area is 92.9 Å². The quantitative estimate of drug-likeness (QED) is 0.731. The van der Waals surface area contributed by atoms with Crippen LogP contribution in [0, 0.1) is 0 Å². The zero-order chi connectivity index (χ0) is 10.6. The summed E-state index contributed by atoms with van der Waals surface area (Å²) in [6.45, 7) is 0. The molecule has 0 amide bonds. The Morgan fingerprint density at radius 2 is 2.07 bits per heavy atom. The molecule has 78 valence electrons. The van der Waals surface area contributed by atoms with E-state index >= 15 is 0 Å². The first-order valence-corrected chi connectivity index (χ1v) is 5.57. The smallest absolute Gasteiger partial charge is 0.150 e. The minimum Gasteiger partial charge on any atom is -0.392 e. The molecule has 15 heavy (non-hydrogen) atoms. The molecule has 3 atom stereocenters. The van der Waals surface area contributed by atoms with Gasteiger partial charge in [-0.15, -0.1) is 0 Å². The van der Waals surface area contributed by atoms with Crippen LogP contribution in [0.3, 0.4) is 0 Å². The first-order valence-electron chi connectivity index (χ1n) is 5.19. The third-order valence-electron chi connectivity index (χ3n) is 3.55. The van der Waals surface area contributed by atoms with Crippen LogP contribution in [0.15, 0.2) is 18.2 Å². The number of halogens is 1. The Balaban J connectivity index is 2.21. The van der Waals surface area contributed by atoms with Gasteiger partial charge in [-0.3, -0.25) is 4.79 Å². The van der Waals surface area contributed by atoms with E-state index in [1.54, 1.807) is 0 Å². The summed E-state index contributed by atoms with van der Waals surface area (Å²) in [6.07, 6.45) is 0.965. The molecule has 1 aromatic rings. The standard InChI is InChI=1S/C12H11ClO2/c13-6-1-2-7-8-3-4-10(14)11(12(8)15)9(7)5-6/h1-2,5,8,10-11,14H,3-4H2. The number of hydrogen-bond acceptors (Lipinski definition) is 2. The van der Waals surface area contributed by atoms with E-state index < -0.39 is 6.10 Å². The number of benzene rings is 1. The Hall–Kier alpha value is -0.860. The minimum atomic E-state index is -0.520. The van der Waals surface area contributed by atoms with Gasteiger partial charge < -0.3 is 5.11 Å². The molecule has 0 heterocycles. The maximum atomic E-state index is 12.0. The van der Waals surface area contributed by atoms with Crippen molar-refractivity contribution in [1.82, 2.24) is 0 Å². The summed E-state index contributed by atoms with van der Waals surface area (Å²) in [5.41, 5.74) is 2.02. The summed E-state index contributed by atoms with van der Waals surface area (Å²) < 4.78 is 0. The van der Waals surface area contributed by atoms with Gasteiger partial charge in [-0.05, 0) is 36.1 Å². The molecule has 3 unspecified atom stereocenters. The van der Waals surface area contributed by atoms with Crippen molar-refractivity contribution in [3.8, 4) is 0 Å². The molecular weight excluding hydrogens is 212 g/mol. The molecule has 1 fully saturated rings. The van der Waals surface area contributed by atoms with Gasteiger partial charge in [0.15, 0.2) is 0 Å². The fraction of sp³-hybridized carbons (Fsp3) is 0.417. The first kappa shape index (κ1) is 9.37. The van der Waals surface area contributed by atoms with Gasteiger partial charge in [-0.1, -0.05) is 17.7 Å². The predicted octanol–water partition coefficient (Wildman–Crippen LogP) is 2.24. The van der Waals surface area contributed by atoms with Crippen LogP contribution in [0.4, 0.5) is 0 Å². The maximum Gasteiger partial charge on any atom is 0.150 e. The van der Waals surface area contributed by atoms with Gasteiger partial charge in [0.1, 0.15) is 5.78 Å². The highest BCUT2D eigenvalue weighted by Gasteiger charge is 2.46. The van der Waals surface area contributed by atoms with E-state index in [0.29, 0.717) is 11.4 Å². The van der Waals surface area contributed by atoms with Crippen molar-refractivity contribution in [2.75, 3.05) is 0 Å². The normalized spacial score (nSPS) is 32.9. The summed E-state index contributed by atoms with van der Waals surface area (Å²) in [7, 11) is 0. The molecule has 3 rings (SSSR count). The van der Waals surface area contributed by atoms with Crippen molar-refractivity contribution in [3.63, 3.8) is 0 Å². The number of Topliss-reactive ketones (excluding diaryl/α,β-unsaturated/α-hetero) is 1. The fourth-order valence-electron chi connectivity index (χ4n) is 2.85. The van der Waals surface area contributed by atoms with E-state index in [0.717, 1.165) is 17.5 Å². The predicted molar refractivity (Wildman–Crippen MR) is 57.2 cm³/mol. The van der Waals surface area contributed by atoms with Crippen LogP contribution in [0.5, 0.6) is 0 Å². The van der Waals surface area contributed by atoms with Gasteiger partial charge in [0.25, 0.3) is 0 Å². The molecule has 0 radical (unpaired) electrons. The molecular formula is C12H11ClO2. The van der Waals surface area contributed by atoms with Crippen molar-refractivity contribution in [2.24, 2.45) is 0 Å². The second-order valence-electron chi connectivity index (χ2n) is 4.35. The van der Waals surface area contributed by atoms with Crippen LogP contribution in [-0.4, -0.2) is 17.0 Å². The second-order valence-corrected chi connectivity index (χ2v) is 4.79. The maximum absolute atomic E-state index is 12.0. The molecule has 0 saturated heterocycles. The topological polar surface area (TPSA) is 37.3 Å². The highest BCUT2D eigenvalue weighted by molar-refractivity contribution is 6.30. The van der Waals surface area contributed by atoms with E-state index in [1.165, 1.54) is 0 Å². The Bertz CT molecular complexity index is 441. The average Bonchev–Trinajstić information content (AvgIpc) is 2.36. The van der Waals surface area contributed by atoms with Crippen LogP contribution in [0.25, 0.3) is 0 Å². The average molecular weight is 223 g/mol. The van der Waals surface area contributed by atoms with Crippen molar-refractivity contribution >= 4 is 17.4 Å². The van der Waals surface area contributed by atoms with Crippen LogP contribution in [0.1, 0.15) is 35.8 Å². The van der Waals surface area contributed by atoms with Gasteiger partial charge in [0, 0.05) is 10.9 Å². The number of hydrogen-bond donors (Lipinski definition) is 1. The number of carbonyl (C=O) groups is 1. The lowest BCUT2D eigenvalue weighted by Gasteiger charge is -2.23. The number of fused-ring (bicyclic) bond motifs is 5. The molecule has 3 heteroatoms. The number of rotatable bonds is 0. The summed E-state index contributed by atoms with van der Waals surface area (Å²) in [4.78, 5) is 12.0. The summed E-state index contributed by atoms with van der Waals surface area (Å²) in [6, 6.07) is 5.58. The molecule has 2 nitrogen and oxygen atoms in total. The Kier molecular flexibility index (Phi) is 1.91. The number of carbonyl (C=O) groups excluding carboxylic acids is 1. The van der Waals surface area contributed by atoms with E-state index in [1.807, 2.05) is 18.2 Å². The summed E-state index contributed by atoms with van der Waals surface area (Å²) >= 11 is 5.92. The van der Waals surface area contributed by atoms with Gasteiger partial charge in [0.05, 0.1) is 12.0 Å². The molecule has 0 aromatic heterocycles. The Morgan fingerprint density at radius 3 is 2.87 bits per heavy atom. The third kappa shape index (κ3) is 1.18. The van der Waals surface area contributed by atoms with Gasteiger partial charge in [-0.2, -0.15) is 0 Å². The monoisotopic (exact) mass is 222 g/mol. The third-order valence-corrected chi connectivity index (χ3v) is 3.78. The lowest BCUT2D eigenvalue weighted by atomic mass is 9.83. The van der Waals surface area contributed by atoms with E-state index in [-0.39, 0.29) is 17.6 Å². The second kappa shape index (κ2) is 3.06. The van der Waals surface area contributed by atoms with Crippen molar-refractivity contribution in [3.05, 3.63) is 34.3 Å². The molecule has 0 spiro atoms. The molecule has 1 N–H and O–H groups in total. The largest absolute Gasteiger partial charge is 0.392 e. The lowest BCUT2D eigenvalue weighted by Crippen LogP contribution is -2.29. The molecule has 0 aliphatic heterocycles. The number of aliphatic hydroxyl groups excluding tert-OH is 1. The molecule has 1 aromatic carbocycles. The zero-order valence-corrected chi connectivity index (χ0v) is 8.87. The highest BCUT2D eigenvalue weighted by atomic mass is 35.5. The van der Waals surface area contributed by atoms with Gasteiger partial charge in [0.2, 0.25) is 0 Å². The first-order chi connectivity index (χ1) is 7.18. The fourth-order valence-corrected chi connectivity index (χ4v) is 3.03. The minimum absolute atomic E-state index is 0.00525. The molecule has 2 bridgehead atoms. The Morgan fingerprint density at radius 1 is 1.27 bits per heavy atom. The van der Waals surface area contributed by atoms with Gasteiger partial charge in [-0.25, -0.2) is 0 Å². The summed E-state index contributed by atoms with van der Waals surface area (Å²) in [5.74, 6) is -0.144. The molecule has 1 saturated carbocycles. The van der Waals surface area contributed by atoms with Crippen LogP contribution in [-0.2, 0) is 4.79 Å². The van der Waals surface area contributed by atoms with Crippen molar-refractivity contribution in [1.29, 1.82) is 0 Å². The molecule has 2 aliphatic rings. The highest BCUT2D eigenvalue weighted by Crippen LogP contribution is 2.48. The van der Waals surface area contributed by atoms with Crippen LogP contribution >= 0.6 is 11.6 Å². The van der Waals surface area contributed by atoms with Gasteiger partial charge >= 0.3 is 0 Å². The SMILES string of the molecule is O=C1C2CCC(O)C1c1cc(Cl)ccc12. The van der Waals surface area contributed by atoms with E-state index in [9.17, 15) is 9.90 Å². The zero-order valence-electron chi connectivity index (χ0n) is 8.11. The van der Waals surface area contributed by atoms with E-state index in [4.69, 9.17) is 11.6 Å². The summed E-state index contributed by atoms with van der Waals surface area (Å²) in [5, 5.41) is 10.5. The van der Waals surface area contributed by atoms with E-state index in [2.05, 4.69) is 0 Å². The number of aliphatic hydroxyl groups is 1. The van der Waals surface area contributed by atoms with Crippen molar-refractivity contribution in [2.45, 2.75) is 30.8 Å². The van der Waals surface area contributed by atoms with Crippen molar-refractivity contribution < 1.29 is 9.90 Å². The molecule has 2 aliphatic carbocycles. The van der Waals surface area contributed by atoms with Crippen LogP contribution < -0.4 is 0 Å². The van der Waals surface area contributed by atoms with Crippen LogP contribution in [0.2, 0.25) is 5.02 Å². The lowest BCUT2D eigenvalue weighted by molar-refractivity contribution is -0.125.